The number of furan rings is 1. The molecule has 0 saturated carbocycles. The SMILES string of the molecule is Cc1occc1-c1nnc(SCC(=O)Nc2nc(-c3ccc(F)cc3)cs2)n1C. The molecule has 3 heterocycles. The zero-order chi connectivity index (χ0) is 20.4. The maximum Gasteiger partial charge on any atom is 0.236 e. The zero-order valence-electron chi connectivity index (χ0n) is 15.5. The molecule has 0 fully saturated rings. The lowest BCUT2D eigenvalue weighted by atomic mass is 10.2. The van der Waals surface area contributed by atoms with Crippen molar-refractivity contribution in [2.24, 2.45) is 7.05 Å². The molecule has 1 aromatic carbocycles. The summed E-state index contributed by atoms with van der Waals surface area (Å²) in [4.78, 5) is 16.7. The standard InChI is InChI=1S/C19H16FN5O2S2/c1-11-14(7-8-27-11)17-23-24-19(25(17)2)29-10-16(26)22-18-21-15(9-28-18)12-3-5-13(20)6-4-12/h3-9H,10H2,1-2H3,(H,21,22,26). The molecule has 4 aromatic rings. The first-order valence-electron chi connectivity index (χ1n) is 8.59. The van der Waals surface area contributed by atoms with Gasteiger partial charge in [-0.1, -0.05) is 11.8 Å². The number of carbonyl (C=O) groups excluding carboxylic acids is 1. The number of hydrogen-bond acceptors (Lipinski definition) is 7. The normalized spacial score (nSPS) is 11.0. The Morgan fingerprint density at radius 2 is 2.07 bits per heavy atom. The molecule has 1 amide bonds. The van der Waals surface area contributed by atoms with Gasteiger partial charge in [0.25, 0.3) is 0 Å². The summed E-state index contributed by atoms with van der Waals surface area (Å²) in [6.45, 7) is 1.86. The van der Waals surface area contributed by atoms with Crippen LogP contribution in [0.5, 0.6) is 0 Å². The summed E-state index contributed by atoms with van der Waals surface area (Å²) in [6, 6.07) is 7.90. The number of carbonyl (C=O) groups is 1. The summed E-state index contributed by atoms with van der Waals surface area (Å²) in [5.74, 6) is 1.11. The van der Waals surface area contributed by atoms with Crippen molar-refractivity contribution in [3.8, 4) is 22.6 Å². The van der Waals surface area contributed by atoms with Gasteiger partial charge >= 0.3 is 0 Å². The van der Waals surface area contributed by atoms with E-state index in [2.05, 4.69) is 20.5 Å². The number of amides is 1. The van der Waals surface area contributed by atoms with Gasteiger partial charge in [0.15, 0.2) is 16.1 Å². The van der Waals surface area contributed by atoms with Gasteiger partial charge in [-0.05, 0) is 37.3 Å². The van der Waals surface area contributed by atoms with Gasteiger partial charge in [-0.25, -0.2) is 9.37 Å². The molecule has 10 heteroatoms. The van der Waals surface area contributed by atoms with Crippen LogP contribution in [0.2, 0.25) is 0 Å². The molecule has 3 aromatic heterocycles. The summed E-state index contributed by atoms with van der Waals surface area (Å²) in [5.41, 5.74) is 2.34. The quantitative estimate of drug-likeness (QED) is 0.458. The molecule has 29 heavy (non-hydrogen) atoms. The molecule has 0 unspecified atom stereocenters. The van der Waals surface area contributed by atoms with Gasteiger partial charge in [-0.3, -0.25) is 4.79 Å². The Balaban J connectivity index is 1.37. The molecule has 1 N–H and O–H groups in total. The van der Waals surface area contributed by atoms with Crippen LogP contribution in [0.4, 0.5) is 9.52 Å². The van der Waals surface area contributed by atoms with Crippen LogP contribution >= 0.6 is 23.1 Å². The first kappa shape index (κ1) is 19.3. The molecule has 0 aliphatic rings. The summed E-state index contributed by atoms with van der Waals surface area (Å²) < 4.78 is 20.2. The van der Waals surface area contributed by atoms with E-state index in [0.717, 1.165) is 16.9 Å². The van der Waals surface area contributed by atoms with Crippen molar-refractivity contribution in [3.63, 3.8) is 0 Å². The maximum absolute atomic E-state index is 13.0. The Labute approximate surface area is 174 Å². The minimum atomic E-state index is -0.301. The Kier molecular flexibility index (Phi) is 5.45. The molecule has 0 aliphatic carbocycles. The minimum Gasteiger partial charge on any atom is -0.469 e. The molecule has 7 nitrogen and oxygen atoms in total. The Morgan fingerprint density at radius 3 is 2.79 bits per heavy atom. The number of thioether (sulfide) groups is 1. The van der Waals surface area contributed by atoms with Crippen molar-refractivity contribution in [1.29, 1.82) is 0 Å². The van der Waals surface area contributed by atoms with Gasteiger partial charge < -0.3 is 14.3 Å². The van der Waals surface area contributed by atoms with E-state index in [1.807, 2.05) is 30.0 Å². The number of thiazole rings is 1. The first-order valence-corrected chi connectivity index (χ1v) is 10.5. The third-order valence-electron chi connectivity index (χ3n) is 4.16. The predicted molar refractivity (Wildman–Crippen MR) is 110 cm³/mol. The highest BCUT2D eigenvalue weighted by Gasteiger charge is 2.16. The monoisotopic (exact) mass is 429 g/mol. The number of hydrogen-bond donors (Lipinski definition) is 1. The summed E-state index contributed by atoms with van der Waals surface area (Å²) in [6.07, 6.45) is 1.60. The second kappa shape index (κ2) is 8.18. The number of rotatable bonds is 6. The molecule has 0 saturated heterocycles. The first-order chi connectivity index (χ1) is 14.0. The predicted octanol–water partition coefficient (Wildman–Crippen LogP) is 4.38. The number of anilines is 1. The van der Waals surface area contributed by atoms with Gasteiger partial charge in [0, 0.05) is 18.0 Å². The van der Waals surface area contributed by atoms with E-state index in [1.165, 1.54) is 35.2 Å². The van der Waals surface area contributed by atoms with E-state index < -0.39 is 0 Å². The van der Waals surface area contributed by atoms with Crippen LogP contribution in [-0.4, -0.2) is 31.4 Å². The number of nitrogens with one attached hydrogen (secondary N) is 1. The fourth-order valence-electron chi connectivity index (χ4n) is 2.66. The topological polar surface area (TPSA) is 85.8 Å². The van der Waals surface area contributed by atoms with Crippen LogP contribution < -0.4 is 5.32 Å². The van der Waals surface area contributed by atoms with Gasteiger partial charge in [-0.2, -0.15) is 0 Å². The highest BCUT2D eigenvalue weighted by atomic mass is 32.2. The number of aryl methyl sites for hydroxylation is 1. The largest absolute Gasteiger partial charge is 0.469 e. The average Bonchev–Trinajstić information content (AvgIpc) is 3.42. The van der Waals surface area contributed by atoms with Crippen molar-refractivity contribution in [2.45, 2.75) is 12.1 Å². The smallest absolute Gasteiger partial charge is 0.236 e. The van der Waals surface area contributed by atoms with Crippen LogP contribution in [0.15, 0.2) is 51.5 Å². The van der Waals surface area contributed by atoms with Crippen molar-refractivity contribution in [1.82, 2.24) is 19.7 Å². The van der Waals surface area contributed by atoms with E-state index in [9.17, 15) is 9.18 Å². The van der Waals surface area contributed by atoms with Gasteiger partial charge in [0.2, 0.25) is 5.91 Å². The Hall–Kier alpha value is -2.98. The molecule has 0 radical (unpaired) electrons. The Bertz CT molecular complexity index is 1150. The molecule has 148 valence electrons. The van der Waals surface area contributed by atoms with Crippen molar-refractivity contribution >= 4 is 34.1 Å². The van der Waals surface area contributed by atoms with E-state index >= 15 is 0 Å². The molecule has 0 aliphatic heterocycles. The summed E-state index contributed by atoms with van der Waals surface area (Å²) in [5, 5.41) is 14.1. The van der Waals surface area contributed by atoms with Crippen LogP contribution in [0.3, 0.4) is 0 Å². The summed E-state index contributed by atoms with van der Waals surface area (Å²) in [7, 11) is 1.85. The lowest BCUT2D eigenvalue weighted by Gasteiger charge is -2.03. The number of nitrogens with zero attached hydrogens (tertiary/aromatic N) is 4. The second-order valence-corrected chi connectivity index (χ2v) is 7.94. The van der Waals surface area contributed by atoms with Crippen LogP contribution in [0, 0.1) is 12.7 Å². The molecule has 0 bridgehead atoms. The van der Waals surface area contributed by atoms with Gasteiger partial charge in [0.05, 0.1) is 23.3 Å². The number of benzene rings is 1. The number of aromatic nitrogens is 4. The highest BCUT2D eigenvalue weighted by Crippen LogP contribution is 2.27. The molecular formula is C19H16FN5O2S2. The Morgan fingerprint density at radius 1 is 1.28 bits per heavy atom. The van der Waals surface area contributed by atoms with Crippen LogP contribution in [-0.2, 0) is 11.8 Å². The van der Waals surface area contributed by atoms with E-state index in [-0.39, 0.29) is 17.5 Å². The third kappa shape index (κ3) is 4.22. The van der Waals surface area contributed by atoms with E-state index in [1.54, 1.807) is 18.4 Å². The fourth-order valence-corrected chi connectivity index (χ4v) is 4.11. The molecule has 4 rings (SSSR count). The van der Waals surface area contributed by atoms with Gasteiger partial charge in [0.1, 0.15) is 11.6 Å². The molecular weight excluding hydrogens is 413 g/mol. The average molecular weight is 430 g/mol. The van der Waals surface area contributed by atoms with Crippen LogP contribution in [0.1, 0.15) is 5.76 Å². The van der Waals surface area contributed by atoms with Crippen molar-refractivity contribution in [2.75, 3.05) is 11.1 Å². The van der Waals surface area contributed by atoms with Crippen molar-refractivity contribution < 1.29 is 13.6 Å². The fraction of sp³-hybridized carbons (Fsp3) is 0.158. The highest BCUT2D eigenvalue weighted by molar-refractivity contribution is 7.99. The van der Waals surface area contributed by atoms with Gasteiger partial charge in [-0.15, -0.1) is 21.5 Å². The second-order valence-electron chi connectivity index (χ2n) is 6.14. The van der Waals surface area contributed by atoms with E-state index in [4.69, 9.17) is 4.42 Å². The third-order valence-corrected chi connectivity index (χ3v) is 5.94. The molecule has 0 atom stereocenters. The molecule has 0 spiro atoms. The van der Waals surface area contributed by atoms with E-state index in [0.29, 0.717) is 21.8 Å². The zero-order valence-corrected chi connectivity index (χ0v) is 17.2. The van der Waals surface area contributed by atoms with Crippen LogP contribution in [0.25, 0.3) is 22.6 Å². The van der Waals surface area contributed by atoms with Crippen molar-refractivity contribution in [3.05, 3.63) is 53.6 Å². The summed E-state index contributed by atoms with van der Waals surface area (Å²) >= 11 is 2.60. The minimum absolute atomic E-state index is 0.168. The lowest BCUT2D eigenvalue weighted by molar-refractivity contribution is -0.113. The lowest BCUT2D eigenvalue weighted by Crippen LogP contribution is -2.14. The maximum atomic E-state index is 13.0. The number of halogens is 1.